The molecule has 0 aromatic heterocycles. The Morgan fingerprint density at radius 3 is 3.17 bits per heavy atom. The van der Waals surface area contributed by atoms with Crippen LogP contribution in [-0.2, 0) is 9.53 Å². The lowest BCUT2D eigenvalue weighted by atomic mass is 9.73. The standard InChI is InChI=1S/C9H13BrO2/c1-2-9-4-3-6(10)7(5-9)12-8(9)11/h6-7H,2-5H2,1H3. The first-order valence-corrected chi connectivity index (χ1v) is 5.45. The first kappa shape index (κ1) is 8.54. The number of esters is 1. The van der Waals surface area contributed by atoms with Gasteiger partial charge in [0.2, 0.25) is 0 Å². The van der Waals surface area contributed by atoms with Crippen molar-refractivity contribution in [3.8, 4) is 0 Å². The number of hydrogen-bond acceptors (Lipinski definition) is 2. The molecule has 0 spiro atoms. The van der Waals surface area contributed by atoms with Crippen molar-refractivity contribution in [3.05, 3.63) is 0 Å². The zero-order valence-corrected chi connectivity index (χ0v) is 8.76. The van der Waals surface area contributed by atoms with E-state index in [1.807, 2.05) is 0 Å². The number of halogens is 1. The molecule has 2 rings (SSSR count). The minimum absolute atomic E-state index is 0.0388. The van der Waals surface area contributed by atoms with Gasteiger partial charge in [0, 0.05) is 6.42 Å². The second-order valence-electron chi connectivity index (χ2n) is 3.84. The fourth-order valence-electron chi connectivity index (χ4n) is 2.24. The van der Waals surface area contributed by atoms with Crippen molar-refractivity contribution in [2.45, 2.75) is 43.5 Å². The van der Waals surface area contributed by atoms with Crippen molar-refractivity contribution in [1.29, 1.82) is 0 Å². The van der Waals surface area contributed by atoms with Crippen LogP contribution in [0, 0.1) is 5.41 Å². The molecule has 0 aromatic rings. The van der Waals surface area contributed by atoms with Gasteiger partial charge in [0.1, 0.15) is 6.10 Å². The van der Waals surface area contributed by atoms with E-state index in [1.165, 1.54) is 0 Å². The quantitative estimate of drug-likeness (QED) is 0.513. The molecule has 2 fully saturated rings. The van der Waals surface area contributed by atoms with E-state index in [1.54, 1.807) is 0 Å². The first-order chi connectivity index (χ1) is 5.68. The van der Waals surface area contributed by atoms with Crippen LogP contribution < -0.4 is 0 Å². The summed E-state index contributed by atoms with van der Waals surface area (Å²) in [5.74, 6) is 0.0388. The van der Waals surface area contributed by atoms with Crippen LogP contribution in [0.2, 0.25) is 0 Å². The molecule has 68 valence electrons. The fourth-order valence-corrected chi connectivity index (χ4v) is 2.77. The van der Waals surface area contributed by atoms with Crippen molar-refractivity contribution < 1.29 is 9.53 Å². The molecular weight excluding hydrogens is 220 g/mol. The third kappa shape index (κ3) is 1.02. The van der Waals surface area contributed by atoms with Gasteiger partial charge in [-0.3, -0.25) is 4.79 Å². The molecule has 3 atom stereocenters. The lowest BCUT2D eigenvalue weighted by Crippen LogP contribution is -2.31. The smallest absolute Gasteiger partial charge is 0.312 e. The number of ether oxygens (including phenoxy) is 1. The highest BCUT2D eigenvalue weighted by Gasteiger charge is 2.52. The van der Waals surface area contributed by atoms with Crippen LogP contribution >= 0.6 is 15.9 Å². The summed E-state index contributed by atoms with van der Waals surface area (Å²) in [5.41, 5.74) is -0.116. The lowest BCUT2D eigenvalue weighted by Gasteiger charge is -2.28. The molecule has 12 heavy (non-hydrogen) atoms. The maximum absolute atomic E-state index is 11.5. The minimum Gasteiger partial charge on any atom is -0.461 e. The monoisotopic (exact) mass is 232 g/mol. The van der Waals surface area contributed by atoms with Crippen LogP contribution in [0.25, 0.3) is 0 Å². The average Bonchev–Trinajstić information content (AvgIpc) is 2.35. The molecule has 2 bridgehead atoms. The molecular formula is C9H13BrO2. The van der Waals surface area contributed by atoms with E-state index in [9.17, 15) is 4.79 Å². The van der Waals surface area contributed by atoms with Crippen molar-refractivity contribution in [3.63, 3.8) is 0 Å². The summed E-state index contributed by atoms with van der Waals surface area (Å²) in [4.78, 5) is 11.9. The number of carbonyl (C=O) groups is 1. The predicted octanol–water partition coefficient (Wildman–Crippen LogP) is 2.26. The highest BCUT2D eigenvalue weighted by atomic mass is 79.9. The summed E-state index contributed by atoms with van der Waals surface area (Å²) in [6, 6.07) is 0. The van der Waals surface area contributed by atoms with Crippen molar-refractivity contribution in [2.24, 2.45) is 5.41 Å². The largest absolute Gasteiger partial charge is 0.461 e. The van der Waals surface area contributed by atoms with Gasteiger partial charge < -0.3 is 4.74 Å². The zero-order chi connectivity index (χ0) is 8.77. The maximum atomic E-state index is 11.5. The number of alkyl halides is 1. The summed E-state index contributed by atoms with van der Waals surface area (Å²) < 4.78 is 5.31. The topological polar surface area (TPSA) is 26.3 Å². The Hall–Kier alpha value is -0.0500. The Labute approximate surface area is 80.8 Å². The lowest BCUT2D eigenvalue weighted by molar-refractivity contribution is -0.147. The average molecular weight is 233 g/mol. The molecule has 3 unspecified atom stereocenters. The molecule has 1 aliphatic heterocycles. The molecule has 0 N–H and O–H groups in total. The molecule has 2 nitrogen and oxygen atoms in total. The van der Waals surface area contributed by atoms with Crippen molar-refractivity contribution >= 4 is 21.9 Å². The number of carbonyl (C=O) groups excluding carboxylic acids is 1. The number of hydrogen-bond donors (Lipinski definition) is 0. The Balaban J connectivity index is 2.23. The van der Waals surface area contributed by atoms with Gasteiger partial charge in [-0.15, -0.1) is 0 Å². The SMILES string of the molecule is CCC12CCC(Br)C(C1)OC2=O. The van der Waals surface area contributed by atoms with Crippen LogP contribution in [0.15, 0.2) is 0 Å². The van der Waals surface area contributed by atoms with E-state index in [4.69, 9.17) is 4.74 Å². The molecule has 1 aliphatic carbocycles. The summed E-state index contributed by atoms with van der Waals surface area (Å²) in [7, 11) is 0. The van der Waals surface area contributed by atoms with Crippen LogP contribution in [0.4, 0.5) is 0 Å². The predicted molar refractivity (Wildman–Crippen MR) is 49.2 cm³/mol. The zero-order valence-electron chi connectivity index (χ0n) is 7.18. The maximum Gasteiger partial charge on any atom is 0.312 e. The molecule has 1 heterocycles. The molecule has 1 saturated heterocycles. The van der Waals surface area contributed by atoms with Crippen LogP contribution in [0.1, 0.15) is 32.6 Å². The van der Waals surface area contributed by atoms with E-state index in [0.29, 0.717) is 4.83 Å². The Bertz CT molecular complexity index is 217. The van der Waals surface area contributed by atoms with Gasteiger partial charge >= 0.3 is 5.97 Å². The third-order valence-electron chi connectivity index (χ3n) is 3.26. The Kier molecular flexibility index (Phi) is 1.94. The molecule has 0 amide bonds. The van der Waals surface area contributed by atoms with Crippen LogP contribution in [0.3, 0.4) is 0 Å². The van der Waals surface area contributed by atoms with Gasteiger partial charge in [-0.05, 0) is 19.3 Å². The molecule has 0 radical (unpaired) electrons. The van der Waals surface area contributed by atoms with E-state index in [-0.39, 0.29) is 17.5 Å². The number of fused-ring (bicyclic) bond motifs is 2. The first-order valence-electron chi connectivity index (χ1n) is 4.53. The Morgan fingerprint density at radius 1 is 1.75 bits per heavy atom. The second-order valence-corrected chi connectivity index (χ2v) is 5.01. The minimum atomic E-state index is -0.116. The van der Waals surface area contributed by atoms with Gasteiger partial charge in [0.25, 0.3) is 0 Å². The van der Waals surface area contributed by atoms with Gasteiger partial charge in [0.15, 0.2) is 0 Å². The fraction of sp³-hybridized carbons (Fsp3) is 0.889. The highest BCUT2D eigenvalue weighted by molar-refractivity contribution is 9.09. The molecule has 2 aliphatic rings. The normalized spacial score (nSPS) is 46.0. The summed E-state index contributed by atoms with van der Waals surface area (Å²) in [6.07, 6.45) is 4.07. The summed E-state index contributed by atoms with van der Waals surface area (Å²) in [6.45, 7) is 2.08. The van der Waals surface area contributed by atoms with Crippen LogP contribution in [0.5, 0.6) is 0 Å². The molecule has 0 aromatic carbocycles. The third-order valence-corrected chi connectivity index (χ3v) is 4.31. The number of rotatable bonds is 1. The van der Waals surface area contributed by atoms with Gasteiger partial charge in [-0.2, -0.15) is 0 Å². The summed E-state index contributed by atoms with van der Waals surface area (Å²) >= 11 is 3.55. The van der Waals surface area contributed by atoms with E-state index >= 15 is 0 Å². The summed E-state index contributed by atoms with van der Waals surface area (Å²) in [5, 5.41) is 0. The highest BCUT2D eigenvalue weighted by Crippen LogP contribution is 2.48. The van der Waals surface area contributed by atoms with E-state index < -0.39 is 0 Å². The van der Waals surface area contributed by atoms with E-state index in [0.717, 1.165) is 25.7 Å². The molecule has 3 heteroatoms. The molecule has 1 saturated carbocycles. The van der Waals surface area contributed by atoms with Gasteiger partial charge in [0.05, 0.1) is 10.2 Å². The van der Waals surface area contributed by atoms with Crippen molar-refractivity contribution in [1.82, 2.24) is 0 Å². The van der Waals surface area contributed by atoms with Crippen LogP contribution in [-0.4, -0.2) is 16.9 Å². The van der Waals surface area contributed by atoms with Gasteiger partial charge in [-0.1, -0.05) is 22.9 Å². The van der Waals surface area contributed by atoms with Crippen molar-refractivity contribution in [2.75, 3.05) is 0 Å². The Morgan fingerprint density at radius 2 is 2.50 bits per heavy atom. The second kappa shape index (κ2) is 2.72. The van der Waals surface area contributed by atoms with E-state index in [2.05, 4.69) is 22.9 Å². The van der Waals surface area contributed by atoms with Gasteiger partial charge in [-0.25, -0.2) is 0 Å².